The van der Waals surface area contributed by atoms with Crippen molar-refractivity contribution in [3.05, 3.63) is 58.7 Å². The standard InChI is InChI=1S/C22H17ClN4OS/c1-3-13-8-12(9-18(23)26-13)15-5-4-14-16(27-15)6-7-17-19(14)20-21(29-17)22(28)25-11(2)10-24-20/h3-9,11,24H,1,10H2,2H3,(H,25,28)/t11-/m1/s1. The SMILES string of the molecule is C=Cc1cc(-c2ccc3c(ccc4sc5c(c43)NC[C@@H](C)NC5=O)n2)cc(Cl)n1. The Labute approximate surface area is 176 Å². The minimum Gasteiger partial charge on any atom is -0.381 e. The van der Waals surface area contributed by atoms with E-state index in [0.717, 1.165) is 42.8 Å². The van der Waals surface area contributed by atoms with E-state index in [0.29, 0.717) is 17.4 Å². The Morgan fingerprint density at radius 1 is 1.24 bits per heavy atom. The molecule has 29 heavy (non-hydrogen) atoms. The van der Waals surface area contributed by atoms with Crippen LogP contribution in [0.2, 0.25) is 5.15 Å². The molecule has 0 spiro atoms. The summed E-state index contributed by atoms with van der Waals surface area (Å²) in [7, 11) is 0. The molecule has 0 unspecified atom stereocenters. The minimum absolute atomic E-state index is 0.0280. The highest BCUT2D eigenvalue weighted by Gasteiger charge is 2.24. The Kier molecular flexibility index (Phi) is 4.26. The van der Waals surface area contributed by atoms with Gasteiger partial charge in [0.15, 0.2) is 0 Å². The van der Waals surface area contributed by atoms with Gasteiger partial charge in [-0.2, -0.15) is 0 Å². The second-order valence-corrected chi connectivity index (χ2v) is 8.51. The number of amides is 1. The van der Waals surface area contributed by atoms with E-state index in [9.17, 15) is 4.79 Å². The van der Waals surface area contributed by atoms with Gasteiger partial charge in [0, 0.05) is 33.6 Å². The second-order valence-electron chi connectivity index (χ2n) is 7.07. The third-order valence-corrected chi connectivity index (χ3v) is 6.36. The molecular formula is C22H17ClN4OS. The lowest BCUT2D eigenvalue weighted by Gasteiger charge is -2.10. The molecule has 1 aromatic carbocycles. The van der Waals surface area contributed by atoms with E-state index >= 15 is 0 Å². The van der Waals surface area contributed by atoms with Gasteiger partial charge in [0.05, 0.1) is 22.6 Å². The van der Waals surface area contributed by atoms with Gasteiger partial charge in [0.25, 0.3) is 5.91 Å². The van der Waals surface area contributed by atoms with Crippen molar-refractivity contribution in [1.82, 2.24) is 15.3 Å². The molecule has 1 aliphatic heterocycles. The maximum Gasteiger partial charge on any atom is 0.263 e. The fourth-order valence-corrected chi connectivity index (χ4v) is 4.97. The van der Waals surface area contributed by atoms with E-state index in [1.165, 1.54) is 11.3 Å². The molecule has 0 radical (unpaired) electrons. The number of anilines is 1. The predicted molar refractivity (Wildman–Crippen MR) is 121 cm³/mol. The van der Waals surface area contributed by atoms with Crippen molar-refractivity contribution in [3.8, 4) is 11.3 Å². The highest BCUT2D eigenvalue weighted by atomic mass is 35.5. The van der Waals surface area contributed by atoms with Gasteiger partial charge in [0.2, 0.25) is 0 Å². The Bertz CT molecular complexity index is 1310. The van der Waals surface area contributed by atoms with Gasteiger partial charge in [-0.3, -0.25) is 4.79 Å². The number of fused-ring (bicyclic) bond motifs is 5. The van der Waals surface area contributed by atoms with Gasteiger partial charge >= 0.3 is 0 Å². The maximum absolute atomic E-state index is 12.6. The highest BCUT2D eigenvalue weighted by Crippen LogP contribution is 2.41. The van der Waals surface area contributed by atoms with Crippen molar-refractivity contribution in [2.24, 2.45) is 0 Å². The fraction of sp³-hybridized carbons (Fsp3) is 0.136. The first-order valence-corrected chi connectivity index (χ1v) is 10.4. The zero-order chi connectivity index (χ0) is 20.1. The normalized spacial score (nSPS) is 16.2. The molecule has 0 bridgehead atoms. The Morgan fingerprint density at radius 2 is 2.10 bits per heavy atom. The molecule has 3 aromatic heterocycles. The molecule has 5 rings (SSSR count). The zero-order valence-corrected chi connectivity index (χ0v) is 17.2. The van der Waals surface area contributed by atoms with Crippen molar-refractivity contribution in [1.29, 1.82) is 0 Å². The summed E-state index contributed by atoms with van der Waals surface area (Å²) in [5.41, 5.74) is 4.16. The van der Waals surface area contributed by atoms with Gasteiger partial charge < -0.3 is 10.6 Å². The summed E-state index contributed by atoms with van der Waals surface area (Å²) in [5.74, 6) is -0.0280. The molecule has 1 aliphatic rings. The van der Waals surface area contributed by atoms with Crippen molar-refractivity contribution in [2.45, 2.75) is 13.0 Å². The van der Waals surface area contributed by atoms with E-state index in [-0.39, 0.29) is 11.9 Å². The summed E-state index contributed by atoms with van der Waals surface area (Å²) in [6.07, 6.45) is 1.66. The van der Waals surface area contributed by atoms with E-state index < -0.39 is 0 Å². The smallest absolute Gasteiger partial charge is 0.263 e. The molecule has 0 saturated carbocycles. The number of nitrogens with zero attached hydrogens (tertiary/aromatic N) is 2. The van der Waals surface area contributed by atoms with Crippen LogP contribution >= 0.6 is 22.9 Å². The number of hydrogen-bond acceptors (Lipinski definition) is 5. The van der Waals surface area contributed by atoms with Gasteiger partial charge in [0.1, 0.15) is 10.0 Å². The van der Waals surface area contributed by atoms with Crippen molar-refractivity contribution in [3.63, 3.8) is 0 Å². The number of rotatable bonds is 2. The summed E-state index contributed by atoms with van der Waals surface area (Å²) in [5, 5.41) is 8.94. The predicted octanol–water partition coefficient (Wildman–Crippen LogP) is 5.35. The number of thiophene rings is 1. The summed E-state index contributed by atoms with van der Waals surface area (Å²) in [6.45, 7) is 6.44. The summed E-state index contributed by atoms with van der Waals surface area (Å²) < 4.78 is 1.06. The number of aromatic nitrogens is 2. The molecule has 0 saturated heterocycles. The maximum atomic E-state index is 12.6. The number of carbonyl (C=O) groups is 1. The quantitative estimate of drug-likeness (QED) is 0.429. The molecule has 1 atom stereocenters. The molecule has 1 amide bonds. The number of carbonyl (C=O) groups excluding carboxylic acids is 1. The summed E-state index contributed by atoms with van der Waals surface area (Å²) >= 11 is 7.66. The Balaban J connectivity index is 1.71. The average molecular weight is 421 g/mol. The van der Waals surface area contributed by atoms with Crippen LogP contribution in [-0.4, -0.2) is 28.5 Å². The average Bonchev–Trinajstić information content (AvgIpc) is 3.04. The van der Waals surface area contributed by atoms with Crippen LogP contribution in [0.1, 0.15) is 22.3 Å². The van der Waals surface area contributed by atoms with E-state index in [1.54, 1.807) is 12.1 Å². The van der Waals surface area contributed by atoms with Gasteiger partial charge in [-0.25, -0.2) is 9.97 Å². The molecule has 7 heteroatoms. The monoisotopic (exact) mass is 420 g/mol. The Morgan fingerprint density at radius 3 is 2.93 bits per heavy atom. The Hall–Kier alpha value is -2.96. The largest absolute Gasteiger partial charge is 0.381 e. The lowest BCUT2D eigenvalue weighted by atomic mass is 10.1. The van der Waals surface area contributed by atoms with Crippen LogP contribution in [0, 0.1) is 0 Å². The molecule has 4 heterocycles. The van der Waals surface area contributed by atoms with Crippen molar-refractivity contribution >= 4 is 61.6 Å². The molecule has 144 valence electrons. The molecule has 2 N–H and O–H groups in total. The van der Waals surface area contributed by atoms with Crippen molar-refractivity contribution in [2.75, 3.05) is 11.9 Å². The van der Waals surface area contributed by atoms with Crippen molar-refractivity contribution < 1.29 is 4.79 Å². The first-order valence-electron chi connectivity index (χ1n) is 9.25. The summed E-state index contributed by atoms with van der Waals surface area (Å²) in [6, 6.07) is 11.8. The molecule has 0 aliphatic carbocycles. The van der Waals surface area contributed by atoms with Crippen LogP contribution < -0.4 is 10.6 Å². The lowest BCUT2D eigenvalue weighted by Crippen LogP contribution is -2.34. The second kappa shape index (κ2) is 6.83. The van der Waals surface area contributed by atoms with E-state index in [2.05, 4.69) is 28.3 Å². The topological polar surface area (TPSA) is 66.9 Å². The van der Waals surface area contributed by atoms with Gasteiger partial charge in [-0.1, -0.05) is 18.2 Å². The van der Waals surface area contributed by atoms with Crippen LogP contribution in [0.5, 0.6) is 0 Å². The van der Waals surface area contributed by atoms with E-state index in [1.807, 2.05) is 31.2 Å². The number of pyridine rings is 2. The van der Waals surface area contributed by atoms with Crippen LogP contribution in [0.3, 0.4) is 0 Å². The third-order valence-electron chi connectivity index (χ3n) is 5.01. The first-order chi connectivity index (χ1) is 14.0. The summed E-state index contributed by atoms with van der Waals surface area (Å²) in [4.78, 5) is 22.4. The minimum atomic E-state index is -0.0280. The molecule has 5 nitrogen and oxygen atoms in total. The van der Waals surface area contributed by atoms with E-state index in [4.69, 9.17) is 16.6 Å². The molecule has 4 aromatic rings. The van der Waals surface area contributed by atoms with Crippen LogP contribution in [0.25, 0.3) is 38.3 Å². The third kappa shape index (κ3) is 3.05. The number of benzene rings is 1. The highest BCUT2D eigenvalue weighted by molar-refractivity contribution is 7.21. The zero-order valence-electron chi connectivity index (χ0n) is 15.6. The number of hydrogen-bond donors (Lipinski definition) is 2. The molecular weight excluding hydrogens is 404 g/mol. The number of halogens is 1. The molecule has 0 fully saturated rings. The first kappa shape index (κ1) is 18.1. The van der Waals surface area contributed by atoms with Crippen LogP contribution in [-0.2, 0) is 0 Å². The fourth-order valence-electron chi connectivity index (χ4n) is 3.66. The van der Waals surface area contributed by atoms with Gasteiger partial charge in [-0.15, -0.1) is 11.3 Å². The van der Waals surface area contributed by atoms with Crippen LogP contribution in [0.4, 0.5) is 5.69 Å². The van der Waals surface area contributed by atoms with Gasteiger partial charge in [-0.05, 0) is 49.4 Å². The number of nitrogens with one attached hydrogen (secondary N) is 2. The lowest BCUT2D eigenvalue weighted by molar-refractivity contribution is 0.0949. The van der Waals surface area contributed by atoms with Crippen LogP contribution in [0.15, 0.2) is 43.0 Å².